The van der Waals surface area contributed by atoms with Gasteiger partial charge in [0.15, 0.2) is 11.6 Å². The topological polar surface area (TPSA) is 112 Å². The van der Waals surface area contributed by atoms with Gasteiger partial charge < -0.3 is 15.1 Å². The second-order valence-electron chi connectivity index (χ2n) is 8.89. The fourth-order valence-electron chi connectivity index (χ4n) is 4.58. The van der Waals surface area contributed by atoms with E-state index in [1.807, 2.05) is 0 Å². The second-order valence-corrected chi connectivity index (χ2v) is 9.29. The summed E-state index contributed by atoms with van der Waals surface area (Å²) < 4.78 is 14.7. The van der Waals surface area contributed by atoms with Crippen molar-refractivity contribution >= 4 is 41.1 Å². The monoisotopic (exact) mass is 535 g/mol. The Morgan fingerprint density at radius 3 is 2.45 bits per heavy atom. The Hall–Kier alpha value is -4.30. The molecule has 0 aromatic heterocycles. The Morgan fingerprint density at radius 1 is 1.08 bits per heavy atom. The molecule has 1 unspecified atom stereocenters. The van der Waals surface area contributed by atoms with Crippen LogP contribution in [-0.2, 0) is 22.4 Å². The van der Waals surface area contributed by atoms with Gasteiger partial charge in [0.2, 0.25) is 5.91 Å². The minimum absolute atomic E-state index is 0.0147. The summed E-state index contributed by atoms with van der Waals surface area (Å²) in [5.41, 5.74) is 1.59. The normalized spacial score (nSPS) is 14.8. The Bertz CT molecular complexity index is 1480. The minimum Gasteiger partial charge on any atom is -0.508 e. The van der Waals surface area contributed by atoms with Crippen LogP contribution >= 0.6 is 11.6 Å². The maximum absolute atomic E-state index is 14.7. The number of aromatic hydroxyl groups is 1. The number of halogens is 2. The molecule has 3 aromatic rings. The van der Waals surface area contributed by atoms with Gasteiger partial charge in [-0.05, 0) is 60.9 Å². The largest absolute Gasteiger partial charge is 0.508 e. The molecule has 1 heterocycles. The third kappa shape index (κ3) is 5.35. The lowest BCUT2D eigenvalue weighted by Gasteiger charge is -2.36. The highest BCUT2D eigenvalue weighted by Gasteiger charge is 2.36. The Morgan fingerprint density at radius 2 is 1.79 bits per heavy atom. The van der Waals surface area contributed by atoms with E-state index in [1.165, 1.54) is 60.4 Å². The lowest BCUT2D eigenvalue weighted by atomic mass is 9.87. The number of aromatic carboxylic acids is 1. The molecule has 0 aliphatic carbocycles. The molecule has 3 aromatic carbocycles. The number of nitrogens with zero attached hydrogens (tertiary/aromatic N) is 1. The van der Waals surface area contributed by atoms with Gasteiger partial charge in [-0.25, -0.2) is 9.18 Å². The van der Waals surface area contributed by atoms with Crippen molar-refractivity contribution in [1.82, 2.24) is 4.90 Å². The van der Waals surface area contributed by atoms with Gasteiger partial charge in [-0.1, -0.05) is 35.9 Å². The lowest BCUT2D eigenvalue weighted by Crippen LogP contribution is -2.43. The SMILES string of the molecule is CC(=O)c1ccc(Cl)c(F)c1/C=C/C(=O)N1CCc2c(O)cccc2C1C(=O)Cc1ccc(C(=O)O)cc1. The van der Waals surface area contributed by atoms with Crippen LogP contribution < -0.4 is 0 Å². The van der Waals surface area contributed by atoms with Crippen molar-refractivity contribution in [3.63, 3.8) is 0 Å². The zero-order chi connectivity index (χ0) is 27.6. The number of rotatable bonds is 7. The Labute approximate surface area is 222 Å². The van der Waals surface area contributed by atoms with Crippen LogP contribution in [0.4, 0.5) is 4.39 Å². The average Bonchev–Trinajstić information content (AvgIpc) is 2.88. The number of phenolic OH excluding ortho intramolecular Hbond substituents is 1. The number of hydrogen-bond donors (Lipinski definition) is 2. The fraction of sp³-hybridized carbons (Fsp3) is 0.172. The quantitative estimate of drug-likeness (QED) is 0.324. The Balaban J connectivity index is 1.68. The number of benzene rings is 3. The number of ketones is 2. The van der Waals surface area contributed by atoms with E-state index in [9.17, 15) is 28.7 Å². The molecule has 194 valence electrons. The average molecular weight is 536 g/mol. The summed E-state index contributed by atoms with van der Waals surface area (Å²) in [5, 5.41) is 19.3. The summed E-state index contributed by atoms with van der Waals surface area (Å²) in [6, 6.07) is 12.2. The van der Waals surface area contributed by atoms with E-state index >= 15 is 0 Å². The van der Waals surface area contributed by atoms with Gasteiger partial charge >= 0.3 is 5.97 Å². The van der Waals surface area contributed by atoms with Crippen molar-refractivity contribution in [3.8, 4) is 5.75 Å². The van der Waals surface area contributed by atoms with Crippen LogP contribution in [0.15, 0.2) is 60.7 Å². The van der Waals surface area contributed by atoms with Crippen molar-refractivity contribution in [3.05, 3.63) is 105 Å². The van der Waals surface area contributed by atoms with E-state index in [1.54, 1.807) is 12.1 Å². The minimum atomic E-state index is -1.09. The van der Waals surface area contributed by atoms with Crippen molar-refractivity contribution in [1.29, 1.82) is 0 Å². The summed E-state index contributed by atoms with van der Waals surface area (Å²) >= 11 is 5.88. The molecule has 0 bridgehead atoms. The van der Waals surface area contributed by atoms with E-state index < -0.39 is 29.5 Å². The van der Waals surface area contributed by atoms with Gasteiger partial charge in [-0.15, -0.1) is 0 Å². The van der Waals surface area contributed by atoms with Gasteiger partial charge in [0.25, 0.3) is 0 Å². The van der Waals surface area contributed by atoms with Crippen LogP contribution in [0.3, 0.4) is 0 Å². The first-order valence-corrected chi connectivity index (χ1v) is 12.1. The predicted octanol–water partition coefficient (Wildman–Crippen LogP) is 5.04. The van der Waals surface area contributed by atoms with Gasteiger partial charge in [-0.3, -0.25) is 14.4 Å². The first-order valence-electron chi connectivity index (χ1n) is 11.7. The molecule has 1 amide bonds. The summed E-state index contributed by atoms with van der Waals surface area (Å²) in [6.45, 7) is 1.38. The molecule has 1 aliphatic heterocycles. The van der Waals surface area contributed by atoms with Crippen LogP contribution in [0, 0.1) is 5.82 Å². The number of amides is 1. The van der Waals surface area contributed by atoms with Gasteiger partial charge in [0, 0.05) is 35.7 Å². The standard InChI is InChI=1S/C29H23ClFNO6/c1-16(33)19-9-11-23(30)27(31)21(19)10-12-26(36)32-14-13-20-22(3-2-4-24(20)34)28(32)25(35)15-17-5-7-18(8-6-17)29(37)38/h2-12,28,34H,13-15H2,1H3,(H,37,38)/b12-10+. The van der Waals surface area contributed by atoms with Gasteiger partial charge in [0.1, 0.15) is 17.6 Å². The lowest BCUT2D eigenvalue weighted by molar-refractivity contribution is -0.136. The highest BCUT2D eigenvalue weighted by molar-refractivity contribution is 6.31. The molecule has 7 nitrogen and oxygen atoms in total. The first-order chi connectivity index (χ1) is 18.1. The highest BCUT2D eigenvalue weighted by Crippen LogP contribution is 2.36. The number of Topliss-reactive ketones (excluding diaryl/α,β-unsaturated/α-hetero) is 2. The van der Waals surface area contributed by atoms with Crippen LogP contribution in [-0.4, -0.2) is 45.1 Å². The molecule has 0 spiro atoms. The zero-order valence-electron chi connectivity index (χ0n) is 20.3. The summed E-state index contributed by atoms with van der Waals surface area (Å²) in [5.74, 6) is -3.26. The van der Waals surface area contributed by atoms with Crippen LogP contribution in [0.5, 0.6) is 5.75 Å². The third-order valence-electron chi connectivity index (χ3n) is 6.47. The van der Waals surface area contributed by atoms with E-state index in [0.717, 1.165) is 6.08 Å². The van der Waals surface area contributed by atoms with Crippen molar-refractivity contribution in [2.24, 2.45) is 0 Å². The molecule has 9 heteroatoms. The molecule has 38 heavy (non-hydrogen) atoms. The van der Waals surface area contributed by atoms with Gasteiger partial charge in [0.05, 0.1) is 10.6 Å². The van der Waals surface area contributed by atoms with E-state index in [-0.39, 0.29) is 46.2 Å². The van der Waals surface area contributed by atoms with Crippen LogP contribution in [0.2, 0.25) is 5.02 Å². The van der Waals surface area contributed by atoms with Crippen molar-refractivity contribution in [2.45, 2.75) is 25.8 Å². The number of carbonyl (C=O) groups is 4. The maximum Gasteiger partial charge on any atom is 0.335 e. The molecule has 0 radical (unpaired) electrons. The number of phenols is 1. The summed E-state index contributed by atoms with van der Waals surface area (Å²) in [4.78, 5) is 51.4. The number of fused-ring (bicyclic) bond motifs is 1. The molecule has 1 aliphatic rings. The molecular formula is C29H23ClFNO6. The molecule has 1 atom stereocenters. The first kappa shape index (κ1) is 26.8. The Kier molecular flexibility index (Phi) is 7.73. The molecule has 4 rings (SSSR count). The molecule has 0 fully saturated rings. The number of carboxylic acids is 1. The molecule has 0 saturated heterocycles. The smallest absolute Gasteiger partial charge is 0.335 e. The summed E-state index contributed by atoms with van der Waals surface area (Å²) in [6.07, 6.45) is 2.47. The van der Waals surface area contributed by atoms with Gasteiger partial charge in [-0.2, -0.15) is 0 Å². The molecular weight excluding hydrogens is 513 g/mol. The predicted molar refractivity (Wildman–Crippen MR) is 139 cm³/mol. The van der Waals surface area contributed by atoms with Crippen LogP contribution in [0.1, 0.15) is 55.9 Å². The van der Waals surface area contributed by atoms with E-state index in [2.05, 4.69) is 0 Å². The molecule has 2 N–H and O–H groups in total. The van der Waals surface area contributed by atoms with E-state index in [0.29, 0.717) is 23.1 Å². The maximum atomic E-state index is 14.7. The fourth-order valence-corrected chi connectivity index (χ4v) is 4.75. The van der Waals surface area contributed by atoms with Crippen LogP contribution in [0.25, 0.3) is 6.08 Å². The number of hydrogen-bond acceptors (Lipinski definition) is 5. The second kappa shape index (κ2) is 11.0. The van der Waals surface area contributed by atoms with Crippen molar-refractivity contribution < 1.29 is 33.8 Å². The van der Waals surface area contributed by atoms with Crippen molar-refractivity contribution in [2.75, 3.05) is 6.54 Å². The van der Waals surface area contributed by atoms with E-state index in [4.69, 9.17) is 16.7 Å². The number of carbonyl (C=O) groups excluding carboxylic acids is 3. The third-order valence-corrected chi connectivity index (χ3v) is 6.76. The summed E-state index contributed by atoms with van der Waals surface area (Å²) in [7, 11) is 0. The molecule has 0 saturated carbocycles. The number of carboxylic acid groups (broad SMARTS) is 1. The highest BCUT2D eigenvalue weighted by atomic mass is 35.5. The zero-order valence-corrected chi connectivity index (χ0v) is 21.0.